The molecule has 3 rings (SSSR count). The van der Waals surface area contributed by atoms with Crippen LogP contribution < -0.4 is 4.90 Å². The molecule has 0 aromatic heterocycles. The molecular weight excluding hydrogens is 652 g/mol. The topological polar surface area (TPSA) is 97.9 Å². The third kappa shape index (κ3) is 12.1. The number of esters is 1. The first-order valence-corrected chi connectivity index (χ1v) is 15.3. The van der Waals surface area contributed by atoms with Gasteiger partial charge < -0.3 is 28.7 Å². The van der Waals surface area contributed by atoms with Gasteiger partial charge in [0.25, 0.3) is 6.10 Å². The Bertz CT molecular complexity index is 1340. The van der Waals surface area contributed by atoms with Gasteiger partial charge >= 0.3 is 30.6 Å². The standard InChI is InChI=1S/C32H39F6N3O7/c1-4-45-30(44)47-23(3)46-27(42)11-8-14-41(20-24-9-6-5-7-10-24)26-19-22(2)12-13-25(26)21-39-15-17-40(18-16-39)29(43)48-28(31(33,34)35)32(36,37)38/h5-7,9-10,12-13,19,23,28H,4,8,11,14-18,20-21H2,1-3H3. The highest BCUT2D eigenvalue weighted by Gasteiger charge is 2.60. The molecular formula is C32H39F6N3O7. The number of carbonyl (C=O) groups excluding carboxylic acids is 3. The van der Waals surface area contributed by atoms with E-state index >= 15 is 0 Å². The maximum Gasteiger partial charge on any atom is 0.511 e. The van der Waals surface area contributed by atoms with E-state index in [1.54, 1.807) is 6.92 Å². The summed E-state index contributed by atoms with van der Waals surface area (Å²) in [5.74, 6) is -0.566. The largest absolute Gasteiger partial charge is 0.511 e. The molecule has 1 saturated heterocycles. The predicted octanol–water partition coefficient (Wildman–Crippen LogP) is 6.59. The van der Waals surface area contributed by atoms with Crippen LogP contribution in [0.5, 0.6) is 0 Å². The van der Waals surface area contributed by atoms with Crippen molar-refractivity contribution in [3.63, 3.8) is 0 Å². The molecule has 10 nitrogen and oxygen atoms in total. The van der Waals surface area contributed by atoms with E-state index in [1.807, 2.05) is 60.4 Å². The molecule has 2 aromatic carbocycles. The average molecular weight is 692 g/mol. The molecule has 1 unspecified atom stereocenters. The molecule has 0 aliphatic carbocycles. The zero-order chi connectivity index (χ0) is 35.5. The second-order valence-corrected chi connectivity index (χ2v) is 11.1. The lowest BCUT2D eigenvalue weighted by atomic mass is 10.1. The molecule has 0 saturated carbocycles. The summed E-state index contributed by atoms with van der Waals surface area (Å²) in [6, 6.07) is 15.5. The summed E-state index contributed by atoms with van der Waals surface area (Å²) in [6.45, 7) is 6.47. The van der Waals surface area contributed by atoms with Crippen LogP contribution in [0.1, 0.15) is 43.4 Å². The van der Waals surface area contributed by atoms with E-state index in [1.165, 1.54) is 6.92 Å². The van der Waals surface area contributed by atoms with Crippen molar-refractivity contribution in [2.75, 3.05) is 44.2 Å². The van der Waals surface area contributed by atoms with Crippen LogP contribution in [0, 0.1) is 6.92 Å². The van der Waals surface area contributed by atoms with Gasteiger partial charge in [0, 0.05) is 64.8 Å². The van der Waals surface area contributed by atoms with Crippen molar-refractivity contribution in [3.05, 3.63) is 65.2 Å². The lowest BCUT2D eigenvalue weighted by molar-refractivity contribution is -0.308. The average Bonchev–Trinajstić information content (AvgIpc) is 3.00. The number of hydrogen-bond acceptors (Lipinski definition) is 9. The Morgan fingerprint density at radius 1 is 0.896 bits per heavy atom. The highest BCUT2D eigenvalue weighted by molar-refractivity contribution is 5.70. The first-order chi connectivity index (χ1) is 22.6. The summed E-state index contributed by atoms with van der Waals surface area (Å²) in [6.07, 6.45) is -19.1. The highest BCUT2D eigenvalue weighted by Crippen LogP contribution is 2.36. The van der Waals surface area contributed by atoms with E-state index in [2.05, 4.69) is 14.4 Å². The van der Waals surface area contributed by atoms with Crippen molar-refractivity contribution in [2.24, 2.45) is 0 Å². The first-order valence-electron chi connectivity index (χ1n) is 15.3. The summed E-state index contributed by atoms with van der Waals surface area (Å²) in [7, 11) is 0. The zero-order valence-corrected chi connectivity index (χ0v) is 26.8. The van der Waals surface area contributed by atoms with Crippen molar-refractivity contribution in [2.45, 2.75) is 71.4 Å². The summed E-state index contributed by atoms with van der Waals surface area (Å²) >= 11 is 0. The highest BCUT2D eigenvalue weighted by atomic mass is 19.4. The van der Waals surface area contributed by atoms with Crippen LogP contribution in [0.25, 0.3) is 0 Å². The fraction of sp³-hybridized carbons (Fsp3) is 0.531. The smallest absolute Gasteiger partial charge is 0.435 e. The number of carbonyl (C=O) groups is 3. The number of ether oxygens (including phenoxy) is 4. The van der Waals surface area contributed by atoms with Crippen LogP contribution in [0.4, 0.5) is 41.6 Å². The maximum atomic E-state index is 12.9. The molecule has 1 atom stereocenters. The molecule has 1 aliphatic heterocycles. The number of halogens is 6. The van der Waals surface area contributed by atoms with Crippen molar-refractivity contribution < 1.29 is 59.7 Å². The van der Waals surface area contributed by atoms with Gasteiger partial charge in [-0.25, -0.2) is 9.59 Å². The van der Waals surface area contributed by atoms with Crippen LogP contribution in [0.3, 0.4) is 0 Å². The SMILES string of the molecule is CCOC(=O)OC(C)OC(=O)CCCN(Cc1ccccc1)c1cc(C)ccc1CN1CCN(C(=O)OC(C(F)(F)F)C(F)(F)F)CC1. The van der Waals surface area contributed by atoms with Crippen LogP contribution in [-0.2, 0) is 36.8 Å². The van der Waals surface area contributed by atoms with Crippen molar-refractivity contribution >= 4 is 23.9 Å². The fourth-order valence-electron chi connectivity index (χ4n) is 4.98. The lowest BCUT2D eigenvalue weighted by Gasteiger charge is -2.36. The van der Waals surface area contributed by atoms with E-state index in [-0.39, 0.29) is 39.2 Å². The number of rotatable bonds is 13. The number of hydrogen-bond donors (Lipinski definition) is 0. The van der Waals surface area contributed by atoms with Gasteiger partial charge in [0.2, 0.25) is 6.29 Å². The lowest BCUT2D eigenvalue weighted by Crippen LogP contribution is -2.52. The van der Waals surface area contributed by atoms with Gasteiger partial charge in [-0.1, -0.05) is 42.5 Å². The zero-order valence-electron chi connectivity index (χ0n) is 26.8. The number of anilines is 1. The minimum atomic E-state index is -5.79. The van der Waals surface area contributed by atoms with Crippen molar-refractivity contribution in [1.82, 2.24) is 9.80 Å². The number of aryl methyl sites for hydroxylation is 1. The minimum Gasteiger partial charge on any atom is -0.435 e. The van der Waals surface area contributed by atoms with Gasteiger partial charge in [-0.2, -0.15) is 26.3 Å². The third-order valence-corrected chi connectivity index (χ3v) is 7.27. The summed E-state index contributed by atoms with van der Waals surface area (Å²) in [5.41, 5.74) is 3.73. The molecule has 0 N–H and O–H groups in total. The maximum absolute atomic E-state index is 12.9. The van der Waals surface area contributed by atoms with Gasteiger partial charge in [0.05, 0.1) is 6.61 Å². The summed E-state index contributed by atoms with van der Waals surface area (Å²) in [5, 5.41) is 0. The summed E-state index contributed by atoms with van der Waals surface area (Å²) < 4.78 is 95.8. The first kappa shape index (κ1) is 38.2. The molecule has 266 valence electrons. The van der Waals surface area contributed by atoms with E-state index in [0.29, 0.717) is 26.1 Å². The molecule has 1 aliphatic rings. The van der Waals surface area contributed by atoms with Crippen LogP contribution in [0.2, 0.25) is 0 Å². The number of piperazine rings is 1. The molecule has 2 aromatic rings. The van der Waals surface area contributed by atoms with Gasteiger partial charge in [-0.15, -0.1) is 0 Å². The van der Waals surface area contributed by atoms with E-state index in [9.17, 15) is 40.7 Å². The second-order valence-electron chi connectivity index (χ2n) is 11.1. The third-order valence-electron chi connectivity index (χ3n) is 7.27. The van der Waals surface area contributed by atoms with Crippen LogP contribution >= 0.6 is 0 Å². The van der Waals surface area contributed by atoms with Gasteiger partial charge in [-0.3, -0.25) is 9.69 Å². The molecule has 0 bridgehead atoms. The predicted molar refractivity (Wildman–Crippen MR) is 161 cm³/mol. The normalized spacial score (nSPS) is 14.8. The Morgan fingerprint density at radius 3 is 2.15 bits per heavy atom. The molecule has 16 heteroatoms. The van der Waals surface area contributed by atoms with Gasteiger partial charge in [0.1, 0.15) is 0 Å². The number of benzene rings is 2. The quantitative estimate of drug-likeness (QED) is 0.0998. The van der Waals surface area contributed by atoms with E-state index in [0.717, 1.165) is 27.3 Å². The van der Waals surface area contributed by atoms with E-state index in [4.69, 9.17) is 9.47 Å². The second kappa shape index (κ2) is 17.3. The number of nitrogens with zero attached hydrogens (tertiary/aromatic N) is 3. The number of alkyl halides is 6. The van der Waals surface area contributed by atoms with Crippen LogP contribution in [0.15, 0.2) is 48.5 Å². The monoisotopic (exact) mass is 691 g/mol. The van der Waals surface area contributed by atoms with Crippen molar-refractivity contribution in [3.8, 4) is 0 Å². The molecule has 1 amide bonds. The van der Waals surface area contributed by atoms with Crippen LogP contribution in [-0.4, -0.2) is 92.1 Å². The van der Waals surface area contributed by atoms with Crippen molar-refractivity contribution in [1.29, 1.82) is 0 Å². The minimum absolute atomic E-state index is 0.0323. The molecule has 48 heavy (non-hydrogen) atoms. The Labute approximate surface area is 274 Å². The molecule has 1 fully saturated rings. The fourth-order valence-corrected chi connectivity index (χ4v) is 4.98. The molecule has 1 heterocycles. The van der Waals surface area contributed by atoms with Gasteiger partial charge in [-0.05, 0) is 43.0 Å². The number of amides is 1. The molecule has 0 spiro atoms. The Balaban J connectivity index is 1.67. The van der Waals surface area contributed by atoms with E-state index < -0.39 is 43.0 Å². The summed E-state index contributed by atoms with van der Waals surface area (Å²) in [4.78, 5) is 41.0. The van der Waals surface area contributed by atoms with Gasteiger partial charge in [0.15, 0.2) is 0 Å². The Kier molecular flexibility index (Phi) is 13.8. The Hall–Kier alpha value is -4.21. The Morgan fingerprint density at radius 2 is 1.54 bits per heavy atom. The molecule has 0 radical (unpaired) electrons.